The van der Waals surface area contributed by atoms with Gasteiger partial charge in [-0.05, 0) is 18.2 Å². The molecular weight excluding hydrogens is 260 g/mol. The van der Waals surface area contributed by atoms with E-state index in [0.717, 1.165) is 15.8 Å². The first kappa shape index (κ1) is 10.2. The van der Waals surface area contributed by atoms with Crippen molar-refractivity contribution >= 4 is 15.9 Å². The highest BCUT2D eigenvalue weighted by atomic mass is 79.9. The van der Waals surface area contributed by atoms with Crippen molar-refractivity contribution in [3.8, 4) is 22.6 Å². The molecule has 0 bridgehead atoms. The Morgan fingerprint density at radius 1 is 1.20 bits per heavy atom. The molecule has 0 radical (unpaired) electrons. The highest BCUT2D eigenvalue weighted by Gasteiger charge is 2.26. The van der Waals surface area contributed by atoms with Gasteiger partial charge in [0.2, 0.25) is 5.43 Å². The third kappa shape index (κ3) is 1.65. The highest BCUT2D eigenvalue weighted by molar-refractivity contribution is 9.10. The number of rotatable bonds is 3. The Hall–Kier alpha value is -1.29. The fourth-order valence-electron chi connectivity index (χ4n) is 1.42. The van der Waals surface area contributed by atoms with Gasteiger partial charge in [0.25, 0.3) is 0 Å². The van der Waals surface area contributed by atoms with E-state index in [2.05, 4.69) is 15.9 Å². The number of benzene rings is 1. The fraction of sp³-hybridized carbons (Fsp3) is 0.182. The smallest absolute Gasteiger partial charge is 0.232 e. The summed E-state index contributed by atoms with van der Waals surface area (Å²) < 4.78 is 10.8. The Balaban J connectivity index is 2.42. The minimum atomic E-state index is -0.0247. The van der Waals surface area contributed by atoms with Crippen molar-refractivity contribution in [2.24, 2.45) is 0 Å². The van der Waals surface area contributed by atoms with Gasteiger partial charge in [-0.25, -0.2) is 0 Å². The normalized spacial score (nSPS) is 10.6. The van der Waals surface area contributed by atoms with Crippen molar-refractivity contribution in [3.05, 3.63) is 32.9 Å². The molecule has 2 aromatic carbocycles. The van der Waals surface area contributed by atoms with Crippen LogP contribution in [0.1, 0.15) is 0 Å². The molecule has 0 N–H and O–H groups in total. The van der Waals surface area contributed by atoms with Gasteiger partial charge >= 0.3 is 0 Å². The summed E-state index contributed by atoms with van der Waals surface area (Å²) in [6.07, 6.45) is 0. The van der Waals surface area contributed by atoms with E-state index >= 15 is 0 Å². The highest BCUT2D eigenvalue weighted by Crippen LogP contribution is 2.38. The van der Waals surface area contributed by atoms with Crippen LogP contribution in [-0.4, -0.2) is 14.2 Å². The van der Waals surface area contributed by atoms with Crippen LogP contribution in [0.25, 0.3) is 11.1 Å². The largest absolute Gasteiger partial charge is 0.497 e. The van der Waals surface area contributed by atoms with Crippen LogP contribution in [0.5, 0.6) is 11.5 Å². The van der Waals surface area contributed by atoms with Crippen LogP contribution in [-0.2, 0) is 0 Å². The van der Waals surface area contributed by atoms with Crippen molar-refractivity contribution in [2.75, 3.05) is 14.2 Å². The lowest BCUT2D eigenvalue weighted by Crippen LogP contribution is -1.84. The zero-order valence-corrected chi connectivity index (χ0v) is 9.92. The summed E-state index contributed by atoms with van der Waals surface area (Å²) in [5.41, 5.74) is 1.47. The topological polar surface area (TPSA) is 35.5 Å². The maximum atomic E-state index is 11.3. The van der Waals surface area contributed by atoms with Crippen molar-refractivity contribution in [3.63, 3.8) is 0 Å². The molecule has 0 atom stereocenters. The SMILES string of the molecule is COc1ccc(-c2c(OC)c2=O)c(Br)c1. The zero-order valence-electron chi connectivity index (χ0n) is 8.33. The van der Waals surface area contributed by atoms with Gasteiger partial charge in [-0.15, -0.1) is 0 Å². The average Bonchev–Trinajstić information content (AvgIpc) is 2.88. The summed E-state index contributed by atoms with van der Waals surface area (Å²) in [5.74, 6) is 1.19. The van der Waals surface area contributed by atoms with Gasteiger partial charge in [0.05, 0.1) is 19.8 Å². The predicted octanol–water partition coefficient (Wildman–Crippen LogP) is 2.37. The molecule has 2 rings (SSSR count). The average molecular weight is 269 g/mol. The van der Waals surface area contributed by atoms with E-state index in [4.69, 9.17) is 9.47 Å². The summed E-state index contributed by atoms with van der Waals surface area (Å²) in [6.45, 7) is 0. The van der Waals surface area contributed by atoms with Crippen LogP contribution >= 0.6 is 15.9 Å². The summed E-state index contributed by atoms with van der Waals surface area (Å²) in [7, 11) is 3.10. The van der Waals surface area contributed by atoms with E-state index in [-0.39, 0.29) is 5.43 Å². The summed E-state index contributed by atoms with van der Waals surface area (Å²) in [6, 6.07) is 5.47. The molecule has 0 aliphatic carbocycles. The first-order chi connectivity index (χ1) is 7.19. The van der Waals surface area contributed by atoms with E-state index in [0.29, 0.717) is 11.3 Å². The maximum absolute atomic E-state index is 11.3. The quantitative estimate of drug-likeness (QED) is 0.858. The number of hydrogen-bond acceptors (Lipinski definition) is 3. The van der Waals surface area contributed by atoms with Gasteiger partial charge in [-0.1, -0.05) is 15.9 Å². The minimum Gasteiger partial charge on any atom is -0.497 e. The molecule has 3 nitrogen and oxygen atoms in total. The van der Waals surface area contributed by atoms with Gasteiger partial charge < -0.3 is 9.47 Å². The van der Waals surface area contributed by atoms with E-state index in [1.165, 1.54) is 7.11 Å². The zero-order chi connectivity index (χ0) is 11.0. The molecule has 0 amide bonds. The lowest BCUT2D eigenvalue weighted by molar-refractivity contribution is 0.414. The third-order valence-electron chi connectivity index (χ3n) is 2.25. The molecule has 0 saturated carbocycles. The second-order valence-corrected chi connectivity index (χ2v) is 3.94. The molecule has 0 aliphatic rings. The van der Waals surface area contributed by atoms with Crippen molar-refractivity contribution in [1.29, 1.82) is 0 Å². The lowest BCUT2D eigenvalue weighted by Gasteiger charge is -2.02. The number of hydrogen-bond donors (Lipinski definition) is 0. The molecule has 15 heavy (non-hydrogen) atoms. The summed E-state index contributed by atoms with van der Waals surface area (Å²) in [5, 5.41) is 0. The van der Waals surface area contributed by atoms with Crippen LogP contribution in [0.3, 0.4) is 0 Å². The molecule has 0 fully saturated rings. The molecule has 78 valence electrons. The van der Waals surface area contributed by atoms with Crippen LogP contribution in [0.4, 0.5) is 0 Å². The lowest BCUT2D eigenvalue weighted by atomic mass is 10.2. The van der Waals surface area contributed by atoms with E-state index in [9.17, 15) is 4.79 Å². The molecule has 0 saturated heterocycles. The molecule has 0 spiro atoms. The van der Waals surface area contributed by atoms with Gasteiger partial charge in [-0.3, -0.25) is 4.79 Å². The standard InChI is InChI=1S/C11H9BrO3/c1-14-6-3-4-7(8(12)5-6)9-10(13)11(9)15-2/h3-5H,1-2H3. The van der Waals surface area contributed by atoms with E-state index < -0.39 is 0 Å². The van der Waals surface area contributed by atoms with Crippen LogP contribution < -0.4 is 14.9 Å². The first-order valence-electron chi connectivity index (χ1n) is 4.36. The molecule has 0 heterocycles. The Labute approximate surface area is 95.4 Å². The fourth-order valence-corrected chi connectivity index (χ4v) is 1.98. The minimum absolute atomic E-state index is 0.0247. The number of ether oxygens (including phenoxy) is 2. The summed E-state index contributed by atoms with van der Waals surface area (Å²) in [4.78, 5) is 11.3. The molecule has 0 aliphatic heterocycles. The second kappa shape index (κ2) is 3.70. The third-order valence-corrected chi connectivity index (χ3v) is 2.90. The number of halogens is 1. The van der Waals surface area contributed by atoms with Gasteiger partial charge in [0.15, 0.2) is 5.75 Å². The van der Waals surface area contributed by atoms with E-state index in [1.807, 2.05) is 18.2 Å². The van der Waals surface area contributed by atoms with Gasteiger partial charge in [0.1, 0.15) is 5.75 Å². The predicted molar refractivity (Wildman–Crippen MR) is 61.3 cm³/mol. The second-order valence-electron chi connectivity index (χ2n) is 3.08. The molecule has 0 aromatic heterocycles. The Kier molecular flexibility index (Phi) is 2.52. The monoisotopic (exact) mass is 268 g/mol. The maximum Gasteiger partial charge on any atom is 0.232 e. The molecule has 4 heteroatoms. The van der Waals surface area contributed by atoms with Crippen LogP contribution in [0.15, 0.2) is 27.5 Å². The van der Waals surface area contributed by atoms with E-state index in [1.54, 1.807) is 7.11 Å². The molecule has 0 unspecified atom stereocenters. The molecule has 2 aromatic rings. The van der Waals surface area contributed by atoms with Crippen molar-refractivity contribution in [2.45, 2.75) is 0 Å². The Morgan fingerprint density at radius 3 is 2.40 bits per heavy atom. The van der Waals surface area contributed by atoms with Crippen molar-refractivity contribution in [1.82, 2.24) is 0 Å². The summed E-state index contributed by atoms with van der Waals surface area (Å²) >= 11 is 3.39. The van der Waals surface area contributed by atoms with Crippen LogP contribution in [0, 0.1) is 0 Å². The Morgan fingerprint density at radius 2 is 1.93 bits per heavy atom. The van der Waals surface area contributed by atoms with Gasteiger partial charge in [-0.2, -0.15) is 0 Å². The van der Waals surface area contributed by atoms with Crippen LogP contribution in [0.2, 0.25) is 0 Å². The first-order valence-corrected chi connectivity index (χ1v) is 5.15. The molecular formula is C11H9BrO3. The van der Waals surface area contributed by atoms with Crippen molar-refractivity contribution < 1.29 is 9.47 Å². The van der Waals surface area contributed by atoms with Gasteiger partial charge in [0, 0.05) is 10.0 Å². The Bertz CT molecular complexity index is 509. The number of methoxy groups -OCH3 is 2.